The molecule has 14 heavy (non-hydrogen) atoms. The van der Waals surface area contributed by atoms with E-state index in [4.69, 9.17) is 0 Å². The Morgan fingerprint density at radius 1 is 1.64 bits per heavy atom. The van der Waals surface area contributed by atoms with Crippen LogP contribution in [0.3, 0.4) is 0 Å². The lowest BCUT2D eigenvalue weighted by molar-refractivity contribution is -0.143. The first kappa shape index (κ1) is 12.2. The molecule has 0 aromatic rings. The second-order valence-corrected chi connectivity index (χ2v) is 5.00. The zero-order valence-corrected chi connectivity index (χ0v) is 10.8. The zero-order chi connectivity index (χ0) is 10.7. The number of rotatable bonds is 2. The number of nitrogens with zero attached hydrogens (tertiary/aromatic N) is 2. The first-order valence-corrected chi connectivity index (χ1v) is 5.92. The van der Waals surface area contributed by atoms with Crippen LogP contribution in [0.15, 0.2) is 0 Å². The molecular weight excluding hydrogens is 295 g/mol. The molecule has 1 heterocycles. The standard InChI is InChI=1S/C9H17IN2O2/c1-3-8-6-11(10)4-5-12(8)9(14)7(2)13/h7-8,13H,3-6H2,1-2H3/t7-,8+/m0/s1. The molecule has 1 rings (SSSR count). The summed E-state index contributed by atoms with van der Waals surface area (Å²) in [6.45, 7) is 6.12. The number of halogens is 1. The highest BCUT2D eigenvalue weighted by Crippen LogP contribution is 2.16. The van der Waals surface area contributed by atoms with Gasteiger partial charge in [-0.1, -0.05) is 6.92 Å². The zero-order valence-electron chi connectivity index (χ0n) is 8.61. The van der Waals surface area contributed by atoms with Crippen LogP contribution in [0, 0.1) is 0 Å². The fraction of sp³-hybridized carbons (Fsp3) is 0.889. The third-order valence-electron chi connectivity index (χ3n) is 2.54. The Balaban J connectivity index is 2.63. The van der Waals surface area contributed by atoms with Crippen molar-refractivity contribution in [3.8, 4) is 0 Å². The summed E-state index contributed by atoms with van der Waals surface area (Å²) >= 11 is 2.28. The van der Waals surface area contributed by atoms with Crippen molar-refractivity contribution in [2.75, 3.05) is 19.6 Å². The van der Waals surface area contributed by atoms with Gasteiger partial charge in [0.1, 0.15) is 6.10 Å². The normalized spacial score (nSPS) is 26.3. The molecule has 0 aromatic carbocycles. The largest absolute Gasteiger partial charge is 0.384 e. The second-order valence-electron chi connectivity index (χ2n) is 3.64. The Morgan fingerprint density at radius 3 is 2.79 bits per heavy atom. The van der Waals surface area contributed by atoms with Crippen molar-refractivity contribution in [1.29, 1.82) is 0 Å². The Hall–Kier alpha value is 0.120. The predicted molar refractivity (Wildman–Crippen MR) is 63.1 cm³/mol. The molecular formula is C9H17IN2O2. The van der Waals surface area contributed by atoms with Crippen LogP contribution < -0.4 is 0 Å². The molecule has 0 saturated carbocycles. The fourth-order valence-electron chi connectivity index (χ4n) is 1.70. The van der Waals surface area contributed by atoms with Gasteiger partial charge < -0.3 is 10.0 Å². The molecule has 0 aliphatic carbocycles. The molecule has 4 nitrogen and oxygen atoms in total. The van der Waals surface area contributed by atoms with Crippen LogP contribution in [-0.2, 0) is 4.79 Å². The number of hydrogen-bond donors (Lipinski definition) is 1. The maximum absolute atomic E-state index is 11.6. The monoisotopic (exact) mass is 312 g/mol. The van der Waals surface area contributed by atoms with Crippen molar-refractivity contribution in [3.63, 3.8) is 0 Å². The van der Waals surface area contributed by atoms with E-state index in [0.29, 0.717) is 0 Å². The SMILES string of the molecule is CC[C@@H]1CN(I)CCN1C(=O)[C@H](C)O. The summed E-state index contributed by atoms with van der Waals surface area (Å²) < 4.78 is 2.19. The maximum Gasteiger partial charge on any atom is 0.251 e. The van der Waals surface area contributed by atoms with Gasteiger partial charge in [0.05, 0.1) is 0 Å². The lowest BCUT2D eigenvalue weighted by atomic mass is 10.1. The van der Waals surface area contributed by atoms with Crippen LogP contribution in [0.1, 0.15) is 20.3 Å². The number of aliphatic hydroxyl groups is 1. The molecule has 1 saturated heterocycles. The third kappa shape index (κ3) is 2.80. The number of hydrogen-bond acceptors (Lipinski definition) is 3. The molecule has 82 valence electrons. The Bertz CT molecular complexity index is 211. The topological polar surface area (TPSA) is 43.8 Å². The van der Waals surface area contributed by atoms with Crippen LogP contribution in [0.4, 0.5) is 0 Å². The molecule has 1 aliphatic heterocycles. The fourth-order valence-corrected chi connectivity index (χ4v) is 2.37. The number of carbonyl (C=O) groups excluding carboxylic acids is 1. The number of amides is 1. The molecule has 1 N–H and O–H groups in total. The molecule has 5 heteroatoms. The van der Waals surface area contributed by atoms with Gasteiger partial charge >= 0.3 is 0 Å². The first-order chi connectivity index (χ1) is 6.56. The average Bonchev–Trinajstić information content (AvgIpc) is 2.16. The highest BCUT2D eigenvalue weighted by Gasteiger charge is 2.29. The smallest absolute Gasteiger partial charge is 0.251 e. The van der Waals surface area contributed by atoms with Gasteiger partial charge in [-0.25, -0.2) is 3.11 Å². The van der Waals surface area contributed by atoms with Crippen molar-refractivity contribution in [3.05, 3.63) is 0 Å². The number of aliphatic hydroxyl groups excluding tert-OH is 1. The summed E-state index contributed by atoms with van der Waals surface area (Å²) in [5.74, 6) is -0.138. The van der Waals surface area contributed by atoms with E-state index < -0.39 is 6.10 Å². The van der Waals surface area contributed by atoms with E-state index in [9.17, 15) is 9.90 Å². The lowest BCUT2D eigenvalue weighted by Gasteiger charge is -2.39. The molecule has 0 bridgehead atoms. The van der Waals surface area contributed by atoms with Gasteiger partial charge in [0.25, 0.3) is 5.91 Å². The van der Waals surface area contributed by atoms with Crippen molar-refractivity contribution >= 4 is 28.8 Å². The van der Waals surface area contributed by atoms with E-state index in [1.165, 1.54) is 6.92 Å². The second kappa shape index (κ2) is 5.27. The minimum atomic E-state index is -0.871. The van der Waals surface area contributed by atoms with Crippen molar-refractivity contribution in [2.24, 2.45) is 0 Å². The molecule has 1 fully saturated rings. The summed E-state index contributed by atoms with van der Waals surface area (Å²) in [6.07, 6.45) is 0.0719. The highest BCUT2D eigenvalue weighted by atomic mass is 127. The van der Waals surface area contributed by atoms with Gasteiger partial charge in [-0.3, -0.25) is 4.79 Å². The predicted octanol–water partition coefficient (Wildman–Crippen LogP) is 0.640. The summed E-state index contributed by atoms with van der Waals surface area (Å²) in [6, 6.07) is 0.253. The van der Waals surface area contributed by atoms with Gasteiger partial charge in [0, 0.05) is 48.5 Å². The van der Waals surface area contributed by atoms with Crippen LogP contribution in [0.25, 0.3) is 0 Å². The molecule has 0 spiro atoms. The van der Waals surface area contributed by atoms with Crippen LogP contribution in [0.2, 0.25) is 0 Å². The van der Waals surface area contributed by atoms with Crippen molar-refractivity contribution in [1.82, 2.24) is 8.01 Å². The van der Waals surface area contributed by atoms with Crippen LogP contribution in [0.5, 0.6) is 0 Å². The van der Waals surface area contributed by atoms with E-state index in [1.807, 2.05) is 0 Å². The average molecular weight is 312 g/mol. The first-order valence-electron chi connectivity index (χ1n) is 4.95. The minimum Gasteiger partial charge on any atom is -0.384 e. The molecule has 0 radical (unpaired) electrons. The van der Waals surface area contributed by atoms with E-state index in [-0.39, 0.29) is 11.9 Å². The van der Waals surface area contributed by atoms with Gasteiger partial charge in [-0.15, -0.1) is 0 Å². The summed E-state index contributed by atoms with van der Waals surface area (Å²) in [4.78, 5) is 13.4. The van der Waals surface area contributed by atoms with E-state index in [0.717, 1.165) is 26.1 Å². The molecule has 1 aliphatic rings. The van der Waals surface area contributed by atoms with E-state index in [1.54, 1.807) is 4.90 Å². The third-order valence-corrected chi connectivity index (χ3v) is 3.42. The van der Waals surface area contributed by atoms with Gasteiger partial charge in [0.2, 0.25) is 0 Å². The summed E-state index contributed by atoms with van der Waals surface area (Å²) in [7, 11) is 0. The van der Waals surface area contributed by atoms with E-state index >= 15 is 0 Å². The quantitative estimate of drug-likeness (QED) is 0.601. The van der Waals surface area contributed by atoms with Crippen LogP contribution >= 0.6 is 22.9 Å². The molecule has 0 unspecified atom stereocenters. The van der Waals surface area contributed by atoms with Gasteiger partial charge in [-0.2, -0.15) is 0 Å². The lowest BCUT2D eigenvalue weighted by Crippen LogP contribution is -2.54. The Labute approximate surface area is 98.7 Å². The number of carbonyl (C=O) groups is 1. The van der Waals surface area contributed by atoms with Crippen molar-refractivity contribution in [2.45, 2.75) is 32.4 Å². The van der Waals surface area contributed by atoms with E-state index in [2.05, 4.69) is 32.9 Å². The number of piperazine rings is 1. The molecule has 2 atom stereocenters. The molecule has 1 amide bonds. The van der Waals surface area contributed by atoms with Crippen molar-refractivity contribution < 1.29 is 9.90 Å². The molecule has 0 aromatic heterocycles. The Morgan fingerprint density at radius 2 is 2.29 bits per heavy atom. The minimum absolute atomic E-state index is 0.138. The summed E-state index contributed by atoms with van der Waals surface area (Å²) in [5, 5.41) is 9.25. The highest BCUT2D eigenvalue weighted by molar-refractivity contribution is 14.1. The summed E-state index contributed by atoms with van der Waals surface area (Å²) in [5.41, 5.74) is 0. The van der Waals surface area contributed by atoms with Gasteiger partial charge in [-0.05, 0) is 13.3 Å². The van der Waals surface area contributed by atoms with Crippen LogP contribution in [-0.4, -0.2) is 50.8 Å². The Kier molecular flexibility index (Phi) is 4.59. The van der Waals surface area contributed by atoms with Gasteiger partial charge in [0.15, 0.2) is 0 Å². The maximum atomic E-state index is 11.6.